The van der Waals surface area contributed by atoms with Gasteiger partial charge in [0.05, 0.1) is 24.3 Å². The second-order valence-electron chi connectivity index (χ2n) is 7.16. The summed E-state index contributed by atoms with van der Waals surface area (Å²) in [5, 5.41) is 20.2. The number of hydrogen-bond acceptors (Lipinski definition) is 5. The average molecular weight is 429 g/mol. The van der Waals surface area contributed by atoms with Crippen LogP contribution in [0.25, 0.3) is 5.76 Å². The van der Waals surface area contributed by atoms with Gasteiger partial charge in [-0.15, -0.1) is 0 Å². The normalized spacial score (nSPS) is 17.4. The number of methoxy groups -OCH3 is 1. The Bertz CT molecular complexity index is 1210. The zero-order valence-electron chi connectivity index (χ0n) is 17.1. The van der Waals surface area contributed by atoms with Gasteiger partial charge >= 0.3 is 5.97 Å². The molecule has 1 heterocycles. The van der Waals surface area contributed by atoms with E-state index in [2.05, 4.69) is 0 Å². The number of carbonyl (C=O) groups is 3. The molecule has 1 aliphatic heterocycles. The van der Waals surface area contributed by atoms with Gasteiger partial charge in [-0.1, -0.05) is 30.3 Å². The predicted molar refractivity (Wildman–Crippen MR) is 118 cm³/mol. The van der Waals surface area contributed by atoms with E-state index in [1.54, 1.807) is 54.6 Å². The Morgan fingerprint density at radius 1 is 0.844 bits per heavy atom. The highest BCUT2D eigenvalue weighted by Gasteiger charge is 2.46. The lowest BCUT2D eigenvalue weighted by Crippen LogP contribution is -2.29. The highest BCUT2D eigenvalue weighted by Crippen LogP contribution is 2.42. The van der Waals surface area contributed by atoms with Crippen LogP contribution in [0.4, 0.5) is 5.69 Å². The molecule has 32 heavy (non-hydrogen) atoms. The summed E-state index contributed by atoms with van der Waals surface area (Å²) in [6.45, 7) is 0. The van der Waals surface area contributed by atoms with Crippen LogP contribution in [0.15, 0.2) is 84.4 Å². The molecule has 1 fully saturated rings. The van der Waals surface area contributed by atoms with Crippen LogP contribution in [0.5, 0.6) is 5.75 Å². The molecule has 3 aromatic rings. The van der Waals surface area contributed by atoms with Gasteiger partial charge in [0.1, 0.15) is 11.5 Å². The van der Waals surface area contributed by atoms with E-state index in [1.165, 1.54) is 36.3 Å². The standard InChI is InChI=1S/C25H19NO6/c1-32-19-13-9-16(10-14-19)22(27)20-21(15-5-3-2-4-6-15)26(24(29)23(20)28)18-11-7-17(8-12-18)25(30)31/h2-14,21,27H,1H3,(H,30,31)/b22-20+. The molecule has 1 unspecified atom stereocenters. The van der Waals surface area contributed by atoms with Crippen molar-refractivity contribution in [3.8, 4) is 5.75 Å². The number of amides is 1. The molecule has 0 spiro atoms. The van der Waals surface area contributed by atoms with Gasteiger partial charge in [0.25, 0.3) is 11.7 Å². The number of hydrogen-bond donors (Lipinski definition) is 2. The second-order valence-corrected chi connectivity index (χ2v) is 7.16. The average Bonchev–Trinajstić information content (AvgIpc) is 3.09. The van der Waals surface area contributed by atoms with E-state index in [-0.39, 0.29) is 16.9 Å². The van der Waals surface area contributed by atoms with Crippen molar-refractivity contribution < 1.29 is 29.3 Å². The number of rotatable bonds is 5. The van der Waals surface area contributed by atoms with Crippen molar-refractivity contribution in [3.63, 3.8) is 0 Å². The zero-order valence-corrected chi connectivity index (χ0v) is 17.1. The van der Waals surface area contributed by atoms with Gasteiger partial charge in [0.15, 0.2) is 0 Å². The Kier molecular flexibility index (Phi) is 5.47. The predicted octanol–water partition coefficient (Wildman–Crippen LogP) is 4.02. The van der Waals surface area contributed by atoms with Crippen LogP contribution in [0.1, 0.15) is 27.5 Å². The Hall–Kier alpha value is -4.39. The molecule has 0 aliphatic carbocycles. The first-order chi connectivity index (χ1) is 15.4. The fourth-order valence-electron chi connectivity index (χ4n) is 3.72. The molecule has 7 nitrogen and oxygen atoms in total. The van der Waals surface area contributed by atoms with Crippen molar-refractivity contribution in [1.29, 1.82) is 0 Å². The monoisotopic (exact) mass is 429 g/mol. The minimum Gasteiger partial charge on any atom is -0.507 e. The highest BCUT2D eigenvalue weighted by atomic mass is 16.5. The lowest BCUT2D eigenvalue weighted by molar-refractivity contribution is -0.132. The molecule has 1 aliphatic rings. The van der Waals surface area contributed by atoms with Crippen LogP contribution >= 0.6 is 0 Å². The summed E-state index contributed by atoms with van der Waals surface area (Å²) in [5.41, 5.74) is 1.35. The van der Waals surface area contributed by atoms with Gasteiger partial charge in [0, 0.05) is 11.3 Å². The third-order valence-corrected chi connectivity index (χ3v) is 5.32. The second kappa shape index (κ2) is 8.39. The summed E-state index contributed by atoms with van der Waals surface area (Å²) < 4.78 is 5.14. The summed E-state index contributed by atoms with van der Waals surface area (Å²) in [5.74, 6) is -2.45. The Morgan fingerprint density at radius 3 is 2.00 bits per heavy atom. The van der Waals surface area contributed by atoms with Crippen LogP contribution in [0.2, 0.25) is 0 Å². The van der Waals surface area contributed by atoms with E-state index in [0.29, 0.717) is 22.6 Å². The molecular weight excluding hydrogens is 410 g/mol. The molecule has 4 rings (SSSR count). The molecule has 0 radical (unpaired) electrons. The number of benzene rings is 3. The van der Waals surface area contributed by atoms with Gasteiger partial charge < -0.3 is 14.9 Å². The molecule has 7 heteroatoms. The summed E-state index contributed by atoms with van der Waals surface area (Å²) in [7, 11) is 1.52. The fraction of sp³-hybridized carbons (Fsp3) is 0.0800. The minimum atomic E-state index is -1.10. The molecule has 1 amide bonds. The van der Waals surface area contributed by atoms with Crippen molar-refractivity contribution >= 4 is 29.1 Å². The number of aliphatic hydroxyl groups excluding tert-OH is 1. The SMILES string of the molecule is COc1ccc(/C(O)=C2\C(=O)C(=O)N(c3ccc(C(=O)O)cc3)C2c2ccccc2)cc1. The first-order valence-corrected chi connectivity index (χ1v) is 9.76. The fourth-order valence-corrected chi connectivity index (χ4v) is 3.72. The van der Waals surface area contributed by atoms with Crippen molar-refractivity contribution in [2.45, 2.75) is 6.04 Å². The number of aromatic carboxylic acids is 1. The van der Waals surface area contributed by atoms with Gasteiger partial charge in [-0.05, 0) is 54.1 Å². The van der Waals surface area contributed by atoms with Crippen molar-refractivity contribution in [1.82, 2.24) is 0 Å². The summed E-state index contributed by atoms with van der Waals surface area (Å²) in [6.07, 6.45) is 0. The number of nitrogens with zero attached hydrogens (tertiary/aromatic N) is 1. The van der Waals surface area contributed by atoms with Crippen LogP contribution in [-0.4, -0.2) is 35.0 Å². The molecule has 1 atom stereocenters. The molecule has 3 aromatic carbocycles. The third kappa shape index (κ3) is 3.60. The topological polar surface area (TPSA) is 104 Å². The summed E-state index contributed by atoms with van der Waals surface area (Å²) >= 11 is 0. The van der Waals surface area contributed by atoms with Crippen molar-refractivity contribution in [2.24, 2.45) is 0 Å². The van der Waals surface area contributed by atoms with E-state index < -0.39 is 23.7 Å². The first kappa shape index (κ1) is 20.9. The van der Waals surface area contributed by atoms with E-state index in [4.69, 9.17) is 9.84 Å². The Balaban J connectivity index is 1.88. The molecule has 0 bridgehead atoms. The molecule has 0 saturated carbocycles. The first-order valence-electron chi connectivity index (χ1n) is 9.76. The molecule has 160 valence electrons. The summed E-state index contributed by atoms with van der Waals surface area (Å²) in [4.78, 5) is 38.6. The number of carboxylic acid groups (broad SMARTS) is 1. The van der Waals surface area contributed by atoms with Gasteiger partial charge in [-0.25, -0.2) is 4.79 Å². The Morgan fingerprint density at radius 2 is 1.44 bits per heavy atom. The number of anilines is 1. The quantitative estimate of drug-likeness (QED) is 0.361. The lowest BCUT2D eigenvalue weighted by Gasteiger charge is -2.25. The summed E-state index contributed by atoms with van der Waals surface area (Å²) in [6, 6.07) is 20.2. The number of Topliss-reactive ketones (excluding diaryl/α,β-unsaturated/α-hetero) is 1. The van der Waals surface area contributed by atoms with Crippen LogP contribution < -0.4 is 9.64 Å². The van der Waals surface area contributed by atoms with Gasteiger partial charge in [-0.3, -0.25) is 14.5 Å². The van der Waals surface area contributed by atoms with Crippen molar-refractivity contribution in [2.75, 3.05) is 12.0 Å². The molecule has 1 saturated heterocycles. The minimum absolute atomic E-state index is 0.0475. The molecule has 2 N–H and O–H groups in total. The third-order valence-electron chi connectivity index (χ3n) is 5.32. The number of carboxylic acids is 1. The smallest absolute Gasteiger partial charge is 0.335 e. The Labute approximate surface area is 183 Å². The van der Waals surface area contributed by atoms with Gasteiger partial charge in [0.2, 0.25) is 0 Å². The van der Waals surface area contributed by atoms with Crippen molar-refractivity contribution in [3.05, 3.63) is 101 Å². The van der Waals surface area contributed by atoms with E-state index >= 15 is 0 Å². The van der Waals surface area contributed by atoms with Gasteiger partial charge in [-0.2, -0.15) is 0 Å². The van der Waals surface area contributed by atoms with E-state index in [9.17, 15) is 19.5 Å². The van der Waals surface area contributed by atoms with Crippen LogP contribution in [-0.2, 0) is 9.59 Å². The maximum atomic E-state index is 13.1. The van der Waals surface area contributed by atoms with E-state index in [1.807, 2.05) is 0 Å². The van der Waals surface area contributed by atoms with Crippen LogP contribution in [0.3, 0.4) is 0 Å². The molecular formula is C25H19NO6. The number of carbonyl (C=O) groups excluding carboxylic acids is 2. The number of aliphatic hydroxyl groups is 1. The van der Waals surface area contributed by atoms with E-state index in [0.717, 1.165) is 0 Å². The number of ketones is 1. The highest BCUT2D eigenvalue weighted by molar-refractivity contribution is 6.51. The maximum absolute atomic E-state index is 13.1. The van der Waals surface area contributed by atoms with Crippen LogP contribution in [0, 0.1) is 0 Å². The largest absolute Gasteiger partial charge is 0.507 e. The zero-order chi connectivity index (χ0) is 22.8. The molecule has 0 aromatic heterocycles. The lowest BCUT2D eigenvalue weighted by atomic mass is 9.95. The maximum Gasteiger partial charge on any atom is 0.335 e. The number of ether oxygens (including phenoxy) is 1.